The van der Waals surface area contributed by atoms with E-state index in [9.17, 15) is 24.5 Å². The molecule has 0 bridgehead atoms. The minimum Gasteiger partial charge on any atom is -0.454 e. The third-order valence-corrected chi connectivity index (χ3v) is 5.32. The molecule has 0 radical (unpaired) electrons. The second kappa shape index (κ2) is 11.2. The second-order valence-electron chi connectivity index (χ2n) is 8.36. The van der Waals surface area contributed by atoms with E-state index in [0.717, 1.165) is 12.3 Å². The Bertz CT molecular complexity index is 1430. The third kappa shape index (κ3) is 6.10. The van der Waals surface area contributed by atoms with Crippen molar-refractivity contribution in [3.8, 4) is 17.2 Å². The molecule has 3 aromatic carbocycles. The average molecular weight is 518 g/mol. The number of nitro groups is 1. The number of anilines is 1. The van der Waals surface area contributed by atoms with Crippen LogP contribution in [0, 0.1) is 16.0 Å². The molecule has 3 aromatic rings. The van der Waals surface area contributed by atoms with Gasteiger partial charge in [0.25, 0.3) is 11.6 Å². The van der Waals surface area contributed by atoms with Crippen molar-refractivity contribution in [3.05, 3.63) is 87.5 Å². The Labute approximate surface area is 216 Å². The first-order chi connectivity index (χ1) is 18.2. The molecule has 1 heterocycles. The van der Waals surface area contributed by atoms with Gasteiger partial charge in [-0.3, -0.25) is 19.7 Å². The van der Waals surface area contributed by atoms with Gasteiger partial charge in [0, 0.05) is 34.9 Å². The van der Waals surface area contributed by atoms with Crippen LogP contribution in [0.4, 0.5) is 11.4 Å². The first kappa shape index (κ1) is 25.8. The van der Waals surface area contributed by atoms with E-state index in [1.807, 2.05) is 0 Å². The SMILES string of the molecule is CC(C)C(=O)Nc1ccc(C(=O)N/N=C/c2cc([N+](=O)[O-])ccc2OC(=O)c2ccc3c(c2)OCO3)cc1. The Morgan fingerprint density at radius 1 is 1.00 bits per heavy atom. The molecule has 38 heavy (non-hydrogen) atoms. The van der Waals surface area contributed by atoms with Crippen LogP contribution in [0.15, 0.2) is 65.8 Å². The molecule has 0 atom stereocenters. The van der Waals surface area contributed by atoms with Crippen LogP contribution in [-0.2, 0) is 4.79 Å². The van der Waals surface area contributed by atoms with Crippen LogP contribution in [0.1, 0.15) is 40.1 Å². The summed E-state index contributed by atoms with van der Waals surface area (Å²) in [5.74, 6) is -0.770. The maximum absolute atomic E-state index is 12.7. The highest BCUT2D eigenvalue weighted by molar-refractivity contribution is 5.97. The molecule has 0 spiro atoms. The summed E-state index contributed by atoms with van der Waals surface area (Å²) in [7, 11) is 0. The lowest BCUT2D eigenvalue weighted by atomic mass is 10.1. The summed E-state index contributed by atoms with van der Waals surface area (Å²) in [5, 5.41) is 17.8. The number of nitrogens with one attached hydrogen (secondary N) is 2. The molecular weight excluding hydrogens is 496 g/mol. The first-order valence-corrected chi connectivity index (χ1v) is 11.4. The van der Waals surface area contributed by atoms with Crippen LogP contribution in [0.5, 0.6) is 17.2 Å². The van der Waals surface area contributed by atoms with Crippen molar-refractivity contribution < 1.29 is 33.5 Å². The highest BCUT2D eigenvalue weighted by atomic mass is 16.7. The zero-order valence-corrected chi connectivity index (χ0v) is 20.3. The largest absolute Gasteiger partial charge is 0.454 e. The van der Waals surface area contributed by atoms with Crippen LogP contribution >= 0.6 is 0 Å². The van der Waals surface area contributed by atoms with Crippen LogP contribution in [0.3, 0.4) is 0 Å². The Morgan fingerprint density at radius 2 is 1.71 bits per heavy atom. The molecule has 4 rings (SSSR count). The molecule has 2 N–H and O–H groups in total. The van der Waals surface area contributed by atoms with Gasteiger partial charge >= 0.3 is 5.97 Å². The molecule has 12 nitrogen and oxygen atoms in total. The van der Waals surface area contributed by atoms with Crippen molar-refractivity contribution in [1.82, 2.24) is 5.43 Å². The summed E-state index contributed by atoms with van der Waals surface area (Å²) in [5.41, 5.74) is 3.11. The number of nitrogens with zero attached hydrogens (tertiary/aromatic N) is 2. The molecule has 1 aliphatic heterocycles. The fourth-order valence-electron chi connectivity index (χ4n) is 3.24. The lowest BCUT2D eigenvalue weighted by Crippen LogP contribution is -2.19. The normalized spacial score (nSPS) is 11.9. The number of nitro benzene ring substituents is 1. The molecule has 0 unspecified atom stereocenters. The number of hydrogen-bond donors (Lipinski definition) is 2. The minimum atomic E-state index is -0.736. The van der Waals surface area contributed by atoms with E-state index in [-0.39, 0.29) is 46.7 Å². The Morgan fingerprint density at radius 3 is 2.42 bits per heavy atom. The molecule has 194 valence electrons. The topological polar surface area (TPSA) is 158 Å². The number of carbonyl (C=O) groups excluding carboxylic acids is 3. The van der Waals surface area contributed by atoms with E-state index in [0.29, 0.717) is 17.2 Å². The van der Waals surface area contributed by atoms with Crippen molar-refractivity contribution in [1.29, 1.82) is 0 Å². The number of non-ortho nitro benzene ring substituents is 1. The van der Waals surface area contributed by atoms with Crippen molar-refractivity contribution in [2.75, 3.05) is 12.1 Å². The zero-order valence-electron chi connectivity index (χ0n) is 20.3. The summed E-state index contributed by atoms with van der Waals surface area (Å²) in [4.78, 5) is 47.6. The molecule has 0 fully saturated rings. The van der Waals surface area contributed by atoms with E-state index in [4.69, 9.17) is 14.2 Å². The van der Waals surface area contributed by atoms with Crippen LogP contribution in [0.25, 0.3) is 0 Å². The lowest BCUT2D eigenvalue weighted by molar-refractivity contribution is -0.384. The van der Waals surface area contributed by atoms with E-state index < -0.39 is 16.8 Å². The maximum atomic E-state index is 12.7. The van der Waals surface area contributed by atoms with Gasteiger partial charge in [-0.25, -0.2) is 10.2 Å². The molecule has 12 heteroatoms. The van der Waals surface area contributed by atoms with Gasteiger partial charge in [-0.15, -0.1) is 0 Å². The molecule has 0 saturated heterocycles. The Balaban J connectivity index is 1.46. The number of ether oxygens (including phenoxy) is 3. The molecule has 1 aliphatic rings. The van der Waals surface area contributed by atoms with E-state index in [1.165, 1.54) is 36.4 Å². The monoisotopic (exact) mass is 518 g/mol. The van der Waals surface area contributed by atoms with E-state index >= 15 is 0 Å². The number of amides is 2. The second-order valence-corrected chi connectivity index (χ2v) is 8.36. The predicted octanol–water partition coefficient (Wildman–Crippen LogP) is 3.90. The number of carbonyl (C=O) groups is 3. The predicted molar refractivity (Wildman–Crippen MR) is 136 cm³/mol. The fourth-order valence-corrected chi connectivity index (χ4v) is 3.24. The zero-order chi connectivity index (χ0) is 27.2. The highest BCUT2D eigenvalue weighted by Gasteiger charge is 2.19. The lowest BCUT2D eigenvalue weighted by Gasteiger charge is -2.09. The summed E-state index contributed by atoms with van der Waals surface area (Å²) in [6.45, 7) is 3.57. The molecule has 0 aliphatic carbocycles. The molecule has 0 saturated carbocycles. The molecular formula is C26H22N4O8. The average Bonchev–Trinajstić information content (AvgIpc) is 3.37. The Kier molecular flexibility index (Phi) is 7.61. The number of rotatable bonds is 8. The summed E-state index contributed by atoms with van der Waals surface area (Å²) < 4.78 is 15.9. The van der Waals surface area contributed by atoms with Crippen molar-refractivity contribution in [3.63, 3.8) is 0 Å². The highest BCUT2D eigenvalue weighted by Crippen LogP contribution is 2.33. The van der Waals surface area contributed by atoms with Crippen molar-refractivity contribution in [2.45, 2.75) is 13.8 Å². The quantitative estimate of drug-likeness (QED) is 0.149. The molecule has 0 aromatic heterocycles. The van der Waals surface area contributed by atoms with Crippen molar-refractivity contribution in [2.24, 2.45) is 11.0 Å². The number of esters is 1. The first-order valence-electron chi connectivity index (χ1n) is 11.4. The van der Waals surface area contributed by atoms with Crippen LogP contribution < -0.4 is 25.0 Å². The van der Waals surface area contributed by atoms with Gasteiger partial charge in [-0.1, -0.05) is 13.8 Å². The van der Waals surface area contributed by atoms with Gasteiger partial charge < -0.3 is 19.5 Å². The third-order valence-electron chi connectivity index (χ3n) is 5.32. The smallest absolute Gasteiger partial charge is 0.343 e. The van der Waals surface area contributed by atoms with E-state index in [1.54, 1.807) is 32.0 Å². The fraction of sp³-hybridized carbons (Fsp3) is 0.154. The maximum Gasteiger partial charge on any atom is 0.343 e. The minimum absolute atomic E-state index is 0.0125. The van der Waals surface area contributed by atoms with Gasteiger partial charge in [0.1, 0.15) is 5.75 Å². The van der Waals surface area contributed by atoms with Crippen LogP contribution in [0.2, 0.25) is 0 Å². The van der Waals surface area contributed by atoms with Gasteiger partial charge in [0.05, 0.1) is 16.7 Å². The standard InChI is InChI=1S/C26H22N4O8/c1-15(2)24(31)28-19-6-3-16(4-7-19)25(32)29-27-13-18-11-20(30(34)35)8-10-21(18)38-26(33)17-5-9-22-23(12-17)37-14-36-22/h3-13,15H,14H2,1-2H3,(H,28,31)(H,29,32)/b27-13+. The number of fused-ring (bicyclic) bond motifs is 1. The van der Waals surface area contributed by atoms with E-state index in [2.05, 4.69) is 15.8 Å². The number of hydrazone groups is 1. The van der Waals surface area contributed by atoms with Gasteiger partial charge in [0.15, 0.2) is 11.5 Å². The molecule has 2 amide bonds. The van der Waals surface area contributed by atoms with Gasteiger partial charge in [-0.2, -0.15) is 5.10 Å². The van der Waals surface area contributed by atoms with Gasteiger partial charge in [-0.05, 0) is 48.5 Å². The Hall–Kier alpha value is -5.26. The summed E-state index contributed by atoms with van der Waals surface area (Å²) in [6, 6.07) is 14.3. The number of benzene rings is 3. The van der Waals surface area contributed by atoms with Crippen LogP contribution in [-0.4, -0.2) is 35.7 Å². The van der Waals surface area contributed by atoms with Crippen molar-refractivity contribution >= 4 is 35.4 Å². The number of hydrogen-bond acceptors (Lipinski definition) is 9. The van der Waals surface area contributed by atoms with Gasteiger partial charge in [0.2, 0.25) is 12.7 Å². The summed E-state index contributed by atoms with van der Waals surface area (Å²) in [6.07, 6.45) is 1.13. The summed E-state index contributed by atoms with van der Waals surface area (Å²) >= 11 is 0.